The number of nitrogens with zero attached hydrogens (tertiary/aromatic N) is 2. The summed E-state index contributed by atoms with van der Waals surface area (Å²) < 4.78 is 6.39. The predicted octanol–water partition coefficient (Wildman–Crippen LogP) is 3.78. The summed E-state index contributed by atoms with van der Waals surface area (Å²) in [6.45, 7) is 11.4. The van der Waals surface area contributed by atoms with Gasteiger partial charge in [-0.2, -0.15) is 0 Å². The standard InChI is InChI=1S/C17H27N3O/c1-10(2)13-14(18)19-9-20-15(13)21-12-8-11-6-7-17(12,5)16(11,3)4/h9-12H,6-8H2,1-5H3,(H2,18,19,20). The van der Waals surface area contributed by atoms with Gasteiger partial charge in [0.2, 0.25) is 5.88 Å². The lowest BCUT2D eigenvalue weighted by Crippen LogP contribution is -2.39. The minimum absolute atomic E-state index is 0.228. The molecule has 2 saturated carbocycles. The molecule has 2 aliphatic carbocycles. The average molecular weight is 289 g/mol. The third-order valence-electron chi connectivity index (χ3n) is 6.42. The number of ether oxygens (including phenoxy) is 1. The molecule has 4 nitrogen and oxygen atoms in total. The van der Waals surface area contributed by atoms with Gasteiger partial charge in [0.1, 0.15) is 18.2 Å². The molecule has 3 unspecified atom stereocenters. The second kappa shape index (κ2) is 4.59. The van der Waals surface area contributed by atoms with Crippen LogP contribution in [0.5, 0.6) is 5.88 Å². The summed E-state index contributed by atoms with van der Waals surface area (Å²) in [6.07, 6.45) is 5.44. The number of anilines is 1. The van der Waals surface area contributed by atoms with Gasteiger partial charge in [-0.15, -0.1) is 0 Å². The first-order chi connectivity index (χ1) is 9.77. The largest absolute Gasteiger partial charge is 0.473 e. The first kappa shape index (κ1) is 14.6. The van der Waals surface area contributed by atoms with Crippen LogP contribution >= 0.6 is 0 Å². The van der Waals surface area contributed by atoms with Gasteiger partial charge in [-0.3, -0.25) is 0 Å². The summed E-state index contributed by atoms with van der Waals surface area (Å²) in [4.78, 5) is 8.49. The Kier molecular flexibility index (Phi) is 3.19. The number of nitrogens with two attached hydrogens (primary N) is 1. The monoisotopic (exact) mass is 289 g/mol. The van der Waals surface area contributed by atoms with E-state index in [1.807, 2.05) is 0 Å². The van der Waals surface area contributed by atoms with Gasteiger partial charge < -0.3 is 10.5 Å². The van der Waals surface area contributed by atoms with Crippen molar-refractivity contribution < 1.29 is 4.74 Å². The Morgan fingerprint density at radius 2 is 2.00 bits per heavy atom. The van der Waals surface area contributed by atoms with Gasteiger partial charge in [0.15, 0.2) is 0 Å². The van der Waals surface area contributed by atoms with Crippen LogP contribution in [0.3, 0.4) is 0 Å². The van der Waals surface area contributed by atoms with Crippen molar-refractivity contribution in [3.05, 3.63) is 11.9 Å². The van der Waals surface area contributed by atoms with Crippen LogP contribution in [0, 0.1) is 16.7 Å². The van der Waals surface area contributed by atoms with E-state index in [1.165, 1.54) is 19.2 Å². The maximum absolute atomic E-state index is 6.39. The van der Waals surface area contributed by atoms with Crippen molar-refractivity contribution in [3.8, 4) is 5.88 Å². The van der Waals surface area contributed by atoms with Crippen molar-refractivity contribution in [2.75, 3.05) is 5.73 Å². The molecule has 2 aliphatic rings. The van der Waals surface area contributed by atoms with Gasteiger partial charge in [0.05, 0.1) is 5.56 Å². The van der Waals surface area contributed by atoms with E-state index >= 15 is 0 Å². The van der Waals surface area contributed by atoms with Gasteiger partial charge >= 0.3 is 0 Å². The topological polar surface area (TPSA) is 61.0 Å². The Bertz CT molecular complexity index is 555. The Balaban J connectivity index is 1.91. The lowest BCUT2D eigenvalue weighted by Gasteiger charge is -2.38. The van der Waals surface area contributed by atoms with Crippen molar-refractivity contribution in [3.63, 3.8) is 0 Å². The van der Waals surface area contributed by atoms with Gasteiger partial charge in [-0.1, -0.05) is 34.6 Å². The van der Waals surface area contributed by atoms with E-state index < -0.39 is 0 Å². The van der Waals surface area contributed by atoms with Gasteiger partial charge in [0, 0.05) is 5.41 Å². The smallest absolute Gasteiger partial charge is 0.222 e. The van der Waals surface area contributed by atoms with Crippen molar-refractivity contribution in [2.24, 2.45) is 16.7 Å². The van der Waals surface area contributed by atoms with E-state index in [2.05, 4.69) is 44.6 Å². The fraction of sp³-hybridized carbons (Fsp3) is 0.765. The number of rotatable bonds is 3. The number of fused-ring (bicyclic) bond motifs is 2. The van der Waals surface area contributed by atoms with Crippen LogP contribution in [0.4, 0.5) is 5.82 Å². The molecule has 0 aromatic carbocycles. The molecule has 2 N–H and O–H groups in total. The normalized spacial score (nSPS) is 33.6. The molecule has 4 heteroatoms. The van der Waals surface area contributed by atoms with Gasteiger partial charge in [-0.25, -0.2) is 9.97 Å². The molecule has 3 rings (SSSR count). The van der Waals surface area contributed by atoms with Crippen molar-refractivity contribution in [1.82, 2.24) is 9.97 Å². The molecule has 0 amide bonds. The molecule has 1 heterocycles. The van der Waals surface area contributed by atoms with E-state index in [1.54, 1.807) is 0 Å². The van der Waals surface area contributed by atoms with E-state index in [9.17, 15) is 0 Å². The highest BCUT2D eigenvalue weighted by molar-refractivity contribution is 5.46. The SMILES string of the molecule is CC(C)c1c(N)ncnc1OC1CC2CCC1(C)C2(C)C. The van der Waals surface area contributed by atoms with Crippen LogP contribution in [-0.2, 0) is 0 Å². The Hall–Kier alpha value is -1.32. The summed E-state index contributed by atoms with van der Waals surface area (Å²) in [5, 5.41) is 0. The van der Waals surface area contributed by atoms with E-state index in [-0.39, 0.29) is 17.4 Å². The van der Waals surface area contributed by atoms with E-state index in [0.29, 0.717) is 17.1 Å². The average Bonchev–Trinajstić information content (AvgIpc) is 2.71. The first-order valence-corrected chi connectivity index (χ1v) is 8.04. The van der Waals surface area contributed by atoms with Crippen molar-refractivity contribution in [1.29, 1.82) is 0 Å². The summed E-state index contributed by atoms with van der Waals surface area (Å²) >= 11 is 0. The zero-order valence-corrected chi connectivity index (χ0v) is 13.8. The summed E-state index contributed by atoms with van der Waals surface area (Å²) in [6, 6.07) is 0. The summed E-state index contributed by atoms with van der Waals surface area (Å²) in [7, 11) is 0. The Morgan fingerprint density at radius 3 is 2.52 bits per heavy atom. The number of hydrogen-bond acceptors (Lipinski definition) is 4. The van der Waals surface area contributed by atoms with Crippen LogP contribution in [-0.4, -0.2) is 16.1 Å². The van der Waals surface area contributed by atoms with Crippen LogP contribution in [0.2, 0.25) is 0 Å². The first-order valence-electron chi connectivity index (χ1n) is 8.04. The third kappa shape index (κ3) is 1.95. The Morgan fingerprint density at radius 1 is 1.29 bits per heavy atom. The second-order valence-corrected chi connectivity index (χ2v) is 7.85. The van der Waals surface area contributed by atoms with Crippen LogP contribution in [0.15, 0.2) is 6.33 Å². The fourth-order valence-corrected chi connectivity index (χ4v) is 4.47. The molecular weight excluding hydrogens is 262 g/mol. The zero-order valence-electron chi connectivity index (χ0n) is 13.8. The van der Waals surface area contributed by atoms with Gasteiger partial charge in [-0.05, 0) is 36.5 Å². The molecular formula is C17H27N3O. The summed E-state index contributed by atoms with van der Waals surface area (Å²) in [5.41, 5.74) is 7.54. The maximum Gasteiger partial charge on any atom is 0.222 e. The quantitative estimate of drug-likeness (QED) is 0.920. The molecule has 1 aromatic rings. The third-order valence-corrected chi connectivity index (χ3v) is 6.42. The summed E-state index contributed by atoms with van der Waals surface area (Å²) in [5.74, 6) is 2.25. The maximum atomic E-state index is 6.39. The molecule has 0 aliphatic heterocycles. The molecule has 0 saturated heterocycles. The molecule has 0 radical (unpaired) electrons. The molecule has 2 bridgehead atoms. The van der Waals surface area contributed by atoms with Gasteiger partial charge in [0.25, 0.3) is 0 Å². The van der Waals surface area contributed by atoms with E-state index in [0.717, 1.165) is 17.9 Å². The molecule has 1 aromatic heterocycles. The number of aromatic nitrogens is 2. The zero-order chi connectivity index (χ0) is 15.4. The number of nitrogen functional groups attached to an aromatic ring is 1. The van der Waals surface area contributed by atoms with Crippen LogP contribution in [0.1, 0.15) is 65.4 Å². The predicted molar refractivity (Wildman–Crippen MR) is 84.2 cm³/mol. The van der Waals surface area contributed by atoms with Crippen LogP contribution < -0.4 is 10.5 Å². The molecule has 21 heavy (non-hydrogen) atoms. The minimum atomic E-state index is 0.228. The second-order valence-electron chi connectivity index (χ2n) is 7.85. The minimum Gasteiger partial charge on any atom is -0.473 e. The molecule has 0 spiro atoms. The highest BCUT2D eigenvalue weighted by Gasteiger charge is 2.62. The molecule has 116 valence electrons. The van der Waals surface area contributed by atoms with Crippen LogP contribution in [0.25, 0.3) is 0 Å². The highest BCUT2D eigenvalue weighted by Crippen LogP contribution is 2.66. The molecule has 2 fully saturated rings. The van der Waals surface area contributed by atoms with Crippen molar-refractivity contribution in [2.45, 2.75) is 65.9 Å². The lowest BCUT2D eigenvalue weighted by molar-refractivity contribution is 0.0265. The highest BCUT2D eigenvalue weighted by atomic mass is 16.5. The Labute approximate surface area is 127 Å². The fourth-order valence-electron chi connectivity index (χ4n) is 4.47. The molecule has 3 atom stereocenters. The lowest BCUT2D eigenvalue weighted by atomic mass is 9.70. The van der Waals surface area contributed by atoms with Crippen molar-refractivity contribution >= 4 is 5.82 Å². The van der Waals surface area contributed by atoms with E-state index in [4.69, 9.17) is 10.5 Å². The number of hydrogen-bond donors (Lipinski definition) is 1.